The number of H-pyrrole nitrogens is 1. The lowest BCUT2D eigenvalue weighted by molar-refractivity contribution is -0.139. The summed E-state index contributed by atoms with van der Waals surface area (Å²) in [6.45, 7) is 4.54. The topological polar surface area (TPSA) is 132 Å². The predicted octanol–water partition coefficient (Wildman–Crippen LogP) is 3.09. The lowest BCUT2D eigenvalue weighted by Crippen LogP contribution is -2.16. The number of carbonyl (C=O) groups excluding carboxylic acids is 2. The molecule has 0 fully saturated rings. The zero-order chi connectivity index (χ0) is 25.5. The number of nitrogens with one attached hydrogen (secondary N) is 2. The number of aromatic amines is 1. The number of aromatic nitrogens is 2. The van der Waals surface area contributed by atoms with Gasteiger partial charge in [-0.05, 0) is 55.8 Å². The number of allylic oxidation sites excluding steroid dienone is 1. The van der Waals surface area contributed by atoms with Crippen molar-refractivity contribution in [3.8, 4) is 5.75 Å². The molecule has 0 unspecified atom stereocenters. The van der Waals surface area contributed by atoms with Crippen molar-refractivity contribution >= 4 is 34.5 Å². The Morgan fingerprint density at radius 3 is 2.89 bits per heavy atom. The third kappa shape index (κ3) is 5.56. The molecule has 0 amide bonds. The zero-order valence-corrected chi connectivity index (χ0v) is 20.0. The normalized spacial score (nSPS) is 14.4. The van der Waals surface area contributed by atoms with Gasteiger partial charge in [0, 0.05) is 29.0 Å². The first-order chi connectivity index (χ1) is 17.5. The molecule has 0 aliphatic carbocycles. The van der Waals surface area contributed by atoms with Crippen molar-refractivity contribution in [2.45, 2.75) is 13.8 Å². The molecule has 10 nitrogen and oxygen atoms in total. The maximum atomic E-state index is 13.2. The maximum Gasteiger partial charge on any atom is 0.347 e. The highest BCUT2D eigenvalue weighted by molar-refractivity contribution is 6.26. The van der Waals surface area contributed by atoms with Crippen molar-refractivity contribution in [1.82, 2.24) is 9.97 Å². The monoisotopic (exact) mass is 493 g/mol. The van der Waals surface area contributed by atoms with Crippen LogP contribution in [0.25, 0.3) is 17.1 Å². The van der Waals surface area contributed by atoms with E-state index in [-0.39, 0.29) is 37.0 Å². The van der Waals surface area contributed by atoms with E-state index in [0.717, 1.165) is 10.9 Å². The maximum absolute atomic E-state index is 13.2. The number of nitrogens with zero attached hydrogens (tertiary/aromatic N) is 1. The minimum Gasteiger partial charge on any atom is -0.491 e. The fraction of sp³-hybridized carbons (Fsp3) is 0.269. The summed E-state index contributed by atoms with van der Waals surface area (Å²) in [5.74, 6) is -0.728. The number of aliphatic hydroxyl groups is 1. The minimum atomic E-state index is -0.769. The van der Waals surface area contributed by atoms with E-state index in [1.54, 1.807) is 43.6 Å². The molecule has 1 aromatic carbocycles. The van der Waals surface area contributed by atoms with Crippen LogP contribution in [0.15, 0.2) is 59.9 Å². The molecule has 0 radical (unpaired) electrons. The number of esters is 1. The molecular formula is C26H27N3O7. The average molecular weight is 494 g/mol. The standard InChI is InChI=1S/C26H27N3O7/c1-3-34-26(32)22-23(31)21(14-17-15-28-24-19(17)5-4-8-27-24)36-25(22)29-20-7-6-18(13-16(20)2)35-12-11-33-10-9-30/h4-8,13-15,29-30H,3,9-12H2,1-2H3,(H,27,28)/b21-14-. The highest BCUT2D eigenvalue weighted by atomic mass is 16.5. The molecule has 1 aliphatic rings. The number of hydrogen-bond acceptors (Lipinski definition) is 9. The summed E-state index contributed by atoms with van der Waals surface area (Å²) in [5, 5.41) is 12.6. The number of fused-ring (bicyclic) bond motifs is 1. The Hall–Kier alpha value is -4.15. The van der Waals surface area contributed by atoms with Gasteiger partial charge < -0.3 is 34.4 Å². The molecule has 0 spiro atoms. The van der Waals surface area contributed by atoms with Gasteiger partial charge in [-0.25, -0.2) is 9.78 Å². The molecule has 2 aromatic heterocycles. The number of aryl methyl sites for hydroxylation is 1. The van der Waals surface area contributed by atoms with Crippen LogP contribution in [0.1, 0.15) is 18.1 Å². The second kappa shape index (κ2) is 11.5. The van der Waals surface area contributed by atoms with Gasteiger partial charge in [0.1, 0.15) is 18.0 Å². The largest absolute Gasteiger partial charge is 0.491 e. The van der Waals surface area contributed by atoms with Crippen molar-refractivity contribution < 1.29 is 33.6 Å². The number of aliphatic hydroxyl groups excluding tert-OH is 1. The van der Waals surface area contributed by atoms with E-state index in [9.17, 15) is 9.59 Å². The Morgan fingerprint density at radius 2 is 2.11 bits per heavy atom. The van der Waals surface area contributed by atoms with Crippen molar-refractivity contribution in [2.75, 3.05) is 38.4 Å². The smallest absolute Gasteiger partial charge is 0.347 e. The van der Waals surface area contributed by atoms with E-state index >= 15 is 0 Å². The van der Waals surface area contributed by atoms with Crippen molar-refractivity contribution in [3.63, 3.8) is 0 Å². The summed E-state index contributed by atoms with van der Waals surface area (Å²) in [6, 6.07) is 8.98. The number of rotatable bonds is 11. The van der Waals surface area contributed by atoms with Crippen molar-refractivity contribution in [3.05, 3.63) is 71.1 Å². The van der Waals surface area contributed by atoms with Gasteiger partial charge >= 0.3 is 5.97 Å². The number of pyridine rings is 1. The first kappa shape index (κ1) is 25.0. The molecule has 3 heterocycles. The highest BCUT2D eigenvalue weighted by Gasteiger charge is 2.37. The van der Waals surface area contributed by atoms with Crippen LogP contribution in [0.5, 0.6) is 5.75 Å². The number of ketones is 1. The van der Waals surface area contributed by atoms with Crippen molar-refractivity contribution in [1.29, 1.82) is 0 Å². The van der Waals surface area contributed by atoms with Gasteiger partial charge in [0.15, 0.2) is 11.3 Å². The molecule has 1 aliphatic heterocycles. The Labute approximate surface area is 207 Å². The highest BCUT2D eigenvalue weighted by Crippen LogP contribution is 2.31. The van der Waals surface area contributed by atoms with E-state index in [0.29, 0.717) is 35.9 Å². The molecule has 188 valence electrons. The second-order valence-corrected chi connectivity index (χ2v) is 7.79. The van der Waals surface area contributed by atoms with Gasteiger partial charge in [-0.3, -0.25) is 4.79 Å². The summed E-state index contributed by atoms with van der Waals surface area (Å²) in [5.41, 5.74) is 2.59. The number of benzene rings is 1. The Morgan fingerprint density at radius 1 is 1.25 bits per heavy atom. The summed E-state index contributed by atoms with van der Waals surface area (Å²) >= 11 is 0. The first-order valence-electron chi connectivity index (χ1n) is 11.5. The Kier molecular flexibility index (Phi) is 7.99. The van der Waals surface area contributed by atoms with E-state index in [1.165, 1.54) is 0 Å². The third-order valence-electron chi connectivity index (χ3n) is 5.32. The quantitative estimate of drug-likeness (QED) is 0.160. The molecule has 4 rings (SSSR count). The Balaban J connectivity index is 1.55. The van der Waals surface area contributed by atoms with Crippen molar-refractivity contribution in [2.24, 2.45) is 0 Å². The zero-order valence-electron chi connectivity index (χ0n) is 20.0. The van der Waals surface area contributed by atoms with E-state index in [4.69, 9.17) is 24.1 Å². The van der Waals surface area contributed by atoms with Crippen LogP contribution >= 0.6 is 0 Å². The molecule has 36 heavy (non-hydrogen) atoms. The SMILES string of the molecule is CCOC(=O)C1=C(Nc2ccc(OCCOCCO)cc2C)O/C(=C\c2c[nH]c3ncccc23)C1=O. The molecule has 3 aromatic rings. The molecular weight excluding hydrogens is 466 g/mol. The van der Waals surface area contributed by atoms with Gasteiger partial charge in [0.25, 0.3) is 0 Å². The molecule has 0 bridgehead atoms. The van der Waals surface area contributed by atoms with Crippen LogP contribution in [0.2, 0.25) is 0 Å². The van der Waals surface area contributed by atoms with E-state index in [2.05, 4.69) is 15.3 Å². The molecule has 0 atom stereocenters. The summed E-state index contributed by atoms with van der Waals surface area (Å²) < 4.78 is 21.8. The molecule has 10 heteroatoms. The molecule has 0 saturated heterocycles. The Bertz CT molecular complexity index is 1330. The van der Waals surface area contributed by atoms with Crippen LogP contribution in [0, 0.1) is 6.92 Å². The molecule has 3 N–H and O–H groups in total. The summed E-state index contributed by atoms with van der Waals surface area (Å²) in [6.07, 6.45) is 4.95. The number of hydrogen-bond donors (Lipinski definition) is 3. The summed E-state index contributed by atoms with van der Waals surface area (Å²) in [7, 11) is 0. The molecule has 0 saturated carbocycles. The van der Waals surface area contributed by atoms with Crippen LogP contribution in [0.4, 0.5) is 5.69 Å². The lowest BCUT2D eigenvalue weighted by atomic mass is 10.1. The number of ether oxygens (including phenoxy) is 4. The van der Waals surface area contributed by atoms with Gasteiger partial charge in [-0.1, -0.05) is 0 Å². The third-order valence-corrected chi connectivity index (χ3v) is 5.32. The first-order valence-corrected chi connectivity index (χ1v) is 11.5. The fourth-order valence-corrected chi connectivity index (χ4v) is 3.62. The van der Waals surface area contributed by atoms with Crippen LogP contribution in [-0.4, -0.2) is 59.9 Å². The lowest BCUT2D eigenvalue weighted by Gasteiger charge is -2.13. The van der Waals surface area contributed by atoms with Gasteiger partial charge in [-0.15, -0.1) is 0 Å². The second-order valence-electron chi connectivity index (χ2n) is 7.79. The number of anilines is 1. The average Bonchev–Trinajstić information content (AvgIpc) is 3.41. The van der Waals surface area contributed by atoms with Gasteiger partial charge in [-0.2, -0.15) is 0 Å². The number of carbonyl (C=O) groups is 2. The summed E-state index contributed by atoms with van der Waals surface area (Å²) in [4.78, 5) is 33.1. The number of Topliss-reactive ketones (excluding diaryl/α,β-unsaturated/α-hetero) is 1. The van der Waals surface area contributed by atoms with Gasteiger partial charge in [0.2, 0.25) is 11.7 Å². The van der Waals surface area contributed by atoms with E-state index < -0.39 is 11.8 Å². The van der Waals surface area contributed by atoms with Gasteiger partial charge in [0.05, 0.1) is 26.4 Å². The van der Waals surface area contributed by atoms with Crippen LogP contribution in [0.3, 0.4) is 0 Å². The fourth-order valence-electron chi connectivity index (χ4n) is 3.62. The minimum absolute atomic E-state index is 0.00293. The van der Waals surface area contributed by atoms with E-state index in [1.807, 2.05) is 19.1 Å². The van der Waals surface area contributed by atoms with Crippen LogP contribution in [-0.2, 0) is 23.8 Å². The predicted molar refractivity (Wildman–Crippen MR) is 132 cm³/mol. The van der Waals surface area contributed by atoms with Crippen LogP contribution < -0.4 is 10.1 Å².